The molecule has 1 aromatic carbocycles. The van der Waals surface area contributed by atoms with Crippen molar-refractivity contribution in [3.63, 3.8) is 0 Å². The first-order chi connectivity index (χ1) is 14.0. The molecule has 5 aliphatic rings. The minimum atomic E-state index is 0.0313. The van der Waals surface area contributed by atoms with Gasteiger partial charge in [0.2, 0.25) is 5.91 Å². The van der Waals surface area contributed by atoms with Crippen LogP contribution in [0, 0.1) is 17.8 Å². The van der Waals surface area contributed by atoms with Crippen LogP contribution in [0.5, 0.6) is 0 Å². The van der Waals surface area contributed by atoms with E-state index in [1.54, 1.807) is 31.2 Å². The van der Waals surface area contributed by atoms with Crippen LogP contribution in [0.2, 0.25) is 0 Å². The fourth-order valence-electron chi connectivity index (χ4n) is 7.02. The number of Topliss-reactive ketones (excluding diaryl/α,β-unsaturated/α-hetero) is 1. The molecule has 156 valence electrons. The van der Waals surface area contributed by atoms with E-state index in [4.69, 9.17) is 0 Å². The molecule has 0 radical (unpaired) electrons. The molecule has 5 heteroatoms. The normalized spacial score (nSPS) is 34.3. The van der Waals surface area contributed by atoms with Gasteiger partial charge in [-0.2, -0.15) is 0 Å². The molecule has 1 amide bonds. The maximum atomic E-state index is 12.5. The third-order valence-electron chi connectivity index (χ3n) is 7.99. The highest BCUT2D eigenvalue weighted by Crippen LogP contribution is 2.57. The number of benzene rings is 1. The summed E-state index contributed by atoms with van der Waals surface area (Å²) in [6.45, 7) is 6.18. The number of ketones is 1. The number of carbonyl (C=O) groups excluding carboxylic acids is 2. The van der Waals surface area contributed by atoms with E-state index in [2.05, 4.69) is 15.1 Å². The number of hydrogen-bond donors (Lipinski definition) is 1. The highest BCUT2D eigenvalue weighted by atomic mass is 16.2. The van der Waals surface area contributed by atoms with Crippen LogP contribution in [0.1, 0.15) is 55.8 Å². The van der Waals surface area contributed by atoms with Crippen LogP contribution < -0.4 is 5.32 Å². The molecule has 6 rings (SSSR count). The van der Waals surface area contributed by atoms with Gasteiger partial charge in [-0.1, -0.05) is 0 Å². The molecule has 29 heavy (non-hydrogen) atoms. The van der Waals surface area contributed by atoms with Crippen LogP contribution in [-0.4, -0.2) is 59.8 Å². The van der Waals surface area contributed by atoms with Gasteiger partial charge in [-0.15, -0.1) is 0 Å². The molecule has 4 aliphatic carbocycles. The van der Waals surface area contributed by atoms with Gasteiger partial charge in [0.25, 0.3) is 0 Å². The van der Waals surface area contributed by atoms with E-state index in [0.29, 0.717) is 17.6 Å². The maximum Gasteiger partial charge on any atom is 0.238 e. The molecule has 4 bridgehead atoms. The molecule has 1 aliphatic heterocycles. The summed E-state index contributed by atoms with van der Waals surface area (Å²) in [6, 6.07) is 7.14. The van der Waals surface area contributed by atoms with Crippen molar-refractivity contribution in [2.75, 3.05) is 38.0 Å². The van der Waals surface area contributed by atoms with Crippen LogP contribution in [0.3, 0.4) is 0 Å². The number of hydrogen-bond acceptors (Lipinski definition) is 4. The first-order valence-corrected chi connectivity index (χ1v) is 11.4. The van der Waals surface area contributed by atoms with Crippen molar-refractivity contribution >= 4 is 17.4 Å². The van der Waals surface area contributed by atoms with Crippen molar-refractivity contribution < 1.29 is 9.59 Å². The number of nitrogens with zero attached hydrogens (tertiary/aromatic N) is 2. The molecule has 1 aromatic rings. The van der Waals surface area contributed by atoms with Crippen molar-refractivity contribution in [1.29, 1.82) is 0 Å². The number of piperazine rings is 1. The van der Waals surface area contributed by atoms with Crippen molar-refractivity contribution in [1.82, 2.24) is 9.80 Å². The standard InChI is InChI=1S/C24H33N3O2/c1-17(28)21-2-4-22(5-3-21)25-23(29)16-26-6-8-27(9-7-26)24-13-18-10-19(14-24)12-20(11-18)15-24/h2-5,18-20H,6-16H2,1H3,(H,25,29). The van der Waals surface area contributed by atoms with E-state index in [9.17, 15) is 9.59 Å². The smallest absolute Gasteiger partial charge is 0.238 e. The van der Waals surface area contributed by atoms with E-state index in [-0.39, 0.29) is 11.7 Å². The number of anilines is 1. The predicted octanol–water partition coefficient (Wildman–Crippen LogP) is 3.41. The Balaban J connectivity index is 1.12. The quantitative estimate of drug-likeness (QED) is 0.777. The zero-order chi connectivity index (χ0) is 20.0. The van der Waals surface area contributed by atoms with E-state index < -0.39 is 0 Å². The summed E-state index contributed by atoms with van der Waals surface area (Å²) in [4.78, 5) is 28.9. The van der Waals surface area contributed by atoms with Crippen molar-refractivity contribution in [3.05, 3.63) is 29.8 Å². The number of rotatable bonds is 5. The predicted molar refractivity (Wildman–Crippen MR) is 114 cm³/mol. The van der Waals surface area contributed by atoms with Gasteiger partial charge in [-0.3, -0.25) is 19.4 Å². The maximum absolute atomic E-state index is 12.5. The Labute approximate surface area is 173 Å². The first kappa shape index (κ1) is 19.3. The Morgan fingerprint density at radius 1 is 0.931 bits per heavy atom. The van der Waals surface area contributed by atoms with Crippen LogP contribution in [0.4, 0.5) is 5.69 Å². The molecular weight excluding hydrogens is 362 g/mol. The molecule has 5 fully saturated rings. The molecule has 1 saturated heterocycles. The Morgan fingerprint density at radius 2 is 1.48 bits per heavy atom. The summed E-state index contributed by atoms with van der Waals surface area (Å²) < 4.78 is 0. The zero-order valence-corrected chi connectivity index (χ0v) is 17.5. The van der Waals surface area contributed by atoms with Crippen molar-refractivity contribution in [3.8, 4) is 0 Å². The topological polar surface area (TPSA) is 52.7 Å². The van der Waals surface area contributed by atoms with E-state index in [1.165, 1.54) is 38.5 Å². The minimum Gasteiger partial charge on any atom is -0.325 e. The fraction of sp³-hybridized carbons (Fsp3) is 0.667. The number of carbonyl (C=O) groups is 2. The van der Waals surface area contributed by atoms with E-state index in [1.807, 2.05) is 0 Å². The Morgan fingerprint density at radius 3 is 2.00 bits per heavy atom. The second-order valence-corrected chi connectivity index (χ2v) is 10.1. The Bertz CT molecular complexity index is 745. The largest absolute Gasteiger partial charge is 0.325 e. The molecule has 0 unspecified atom stereocenters. The Hall–Kier alpha value is -1.72. The third-order valence-corrected chi connectivity index (χ3v) is 7.99. The monoisotopic (exact) mass is 395 g/mol. The van der Waals surface area contributed by atoms with Crippen LogP contribution in [0.25, 0.3) is 0 Å². The summed E-state index contributed by atoms with van der Waals surface area (Å²) >= 11 is 0. The summed E-state index contributed by atoms with van der Waals surface area (Å²) in [6.07, 6.45) is 8.76. The lowest BCUT2D eigenvalue weighted by atomic mass is 9.52. The van der Waals surface area contributed by atoms with Crippen LogP contribution in [-0.2, 0) is 4.79 Å². The molecule has 4 saturated carbocycles. The van der Waals surface area contributed by atoms with Crippen LogP contribution in [0.15, 0.2) is 24.3 Å². The first-order valence-electron chi connectivity index (χ1n) is 11.4. The summed E-state index contributed by atoms with van der Waals surface area (Å²) in [7, 11) is 0. The lowest BCUT2D eigenvalue weighted by molar-refractivity contribution is -0.120. The molecule has 0 spiro atoms. The lowest BCUT2D eigenvalue weighted by Gasteiger charge is -2.61. The average Bonchev–Trinajstić information content (AvgIpc) is 2.68. The van der Waals surface area contributed by atoms with E-state index in [0.717, 1.165) is 49.6 Å². The molecule has 0 atom stereocenters. The van der Waals surface area contributed by atoms with Gasteiger partial charge in [-0.25, -0.2) is 0 Å². The van der Waals surface area contributed by atoms with E-state index >= 15 is 0 Å². The number of amides is 1. The summed E-state index contributed by atoms with van der Waals surface area (Å²) in [5.74, 6) is 3.03. The molecule has 1 heterocycles. The molecule has 5 nitrogen and oxygen atoms in total. The third kappa shape index (κ3) is 3.87. The zero-order valence-electron chi connectivity index (χ0n) is 17.5. The minimum absolute atomic E-state index is 0.0313. The second-order valence-electron chi connectivity index (χ2n) is 10.1. The summed E-state index contributed by atoms with van der Waals surface area (Å²) in [5, 5.41) is 2.97. The number of nitrogens with one attached hydrogen (secondary N) is 1. The van der Waals surface area contributed by atoms with Crippen molar-refractivity contribution in [2.45, 2.75) is 51.0 Å². The van der Waals surface area contributed by atoms with Gasteiger partial charge in [-0.05, 0) is 87.5 Å². The Kier molecular flexibility index (Phi) is 4.99. The van der Waals surface area contributed by atoms with Gasteiger partial charge < -0.3 is 5.32 Å². The molecular formula is C24H33N3O2. The van der Waals surface area contributed by atoms with Gasteiger partial charge in [0.05, 0.1) is 6.54 Å². The lowest BCUT2D eigenvalue weighted by Crippen LogP contribution is -2.64. The fourth-order valence-corrected chi connectivity index (χ4v) is 7.02. The van der Waals surface area contributed by atoms with Gasteiger partial charge >= 0.3 is 0 Å². The van der Waals surface area contributed by atoms with Crippen molar-refractivity contribution in [2.24, 2.45) is 17.8 Å². The van der Waals surface area contributed by atoms with Gasteiger partial charge in [0.15, 0.2) is 5.78 Å². The average molecular weight is 396 g/mol. The van der Waals surface area contributed by atoms with Crippen LogP contribution >= 0.6 is 0 Å². The summed E-state index contributed by atoms with van der Waals surface area (Å²) in [5.41, 5.74) is 1.91. The second kappa shape index (κ2) is 7.51. The van der Waals surface area contributed by atoms with Gasteiger partial charge in [0, 0.05) is 43.0 Å². The molecule has 0 aromatic heterocycles. The molecule has 1 N–H and O–H groups in total. The SMILES string of the molecule is CC(=O)c1ccc(NC(=O)CN2CCN(C34CC5CC(CC(C5)C3)C4)CC2)cc1. The highest BCUT2D eigenvalue weighted by molar-refractivity contribution is 5.96. The van der Waals surface area contributed by atoms with Gasteiger partial charge in [0.1, 0.15) is 0 Å². The highest BCUT2D eigenvalue weighted by Gasteiger charge is 2.53.